The lowest BCUT2D eigenvalue weighted by atomic mass is 10.1. The highest BCUT2D eigenvalue weighted by molar-refractivity contribution is 5.31. The minimum Gasteiger partial charge on any atom is -0.309 e. The van der Waals surface area contributed by atoms with Crippen LogP contribution in [0.5, 0.6) is 0 Å². The van der Waals surface area contributed by atoms with E-state index in [1.807, 2.05) is 12.1 Å². The molecule has 1 aromatic rings. The molecular weight excluding hydrogens is 210 g/mol. The average molecular weight is 229 g/mol. The van der Waals surface area contributed by atoms with Crippen molar-refractivity contribution in [3.05, 3.63) is 35.4 Å². The first kappa shape index (κ1) is 12.1. The Morgan fingerprint density at radius 3 is 2.35 bits per heavy atom. The maximum atomic E-state index is 8.75. The van der Waals surface area contributed by atoms with Crippen LogP contribution in [0.2, 0.25) is 0 Å². The Morgan fingerprint density at radius 2 is 1.82 bits per heavy atom. The van der Waals surface area contributed by atoms with Crippen molar-refractivity contribution >= 4 is 0 Å². The summed E-state index contributed by atoms with van der Waals surface area (Å²) in [4.78, 5) is 2.47. The van der Waals surface area contributed by atoms with E-state index in [-0.39, 0.29) is 0 Å². The fraction of sp³-hybridized carbons (Fsp3) is 0.500. The van der Waals surface area contributed by atoms with Crippen molar-refractivity contribution in [1.82, 2.24) is 10.2 Å². The molecule has 3 nitrogen and oxygen atoms in total. The molecule has 1 aromatic carbocycles. The second kappa shape index (κ2) is 5.31. The number of piperazine rings is 1. The zero-order chi connectivity index (χ0) is 12.3. The normalized spacial score (nSPS) is 25.5. The number of nitriles is 1. The van der Waals surface area contributed by atoms with Gasteiger partial charge in [0.25, 0.3) is 0 Å². The third-order valence-electron chi connectivity index (χ3n) is 3.12. The van der Waals surface area contributed by atoms with Gasteiger partial charge < -0.3 is 5.32 Å². The minimum absolute atomic E-state index is 0.553. The topological polar surface area (TPSA) is 39.1 Å². The molecule has 0 saturated carbocycles. The van der Waals surface area contributed by atoms with Crippen LogP contribution in [0.15, 0.2) is 24.3 Å². The summed E-state index contributed by atoms with van der Waals surface area (Å²) in [5.41, 5.74) is 2.01. The summed E-state index contributed by atoms with van der Waals surface area (Å²) in [5.74, 6) is 0. The van der Waals surface area contributed by atoms with Gasteiger partial charge in [-0.05, 0) is 31.5 Å². The molecule has 1 fully saturated rings. The van der Waals surface area contributed by atoms with Gasteiger partial charge in [0, 0.05) is 31.7 Å². The molecule has 1 N–H and O–H groups in total. The Morgan fingerprint density at radius 1 is 1.24 bits per heavy atom. The van der Waals surface area contributed by atoms with Crippen molar-refractivity contribution in [2.45, 2.75) is 32.5 Å². The van der Waals surface area contributed by atoms with Gasteiger partial charge in [-0.15, -0.1) is 0 Å². The number of hydrogen-bond acceptors (Lipinski definition) is 3. The summed E-state index contributed by atoms with van der Waals surface area (Å²) in [6.45, 7) is 7.60. The van der Waals surface area contributed by atoms with Crippen LogP contribution < -0.4 is 5.32 Å². The molecular formula is C14H19N3. The predicted molar refractivity (Wildman–Crippen MR) is 68.5 cm³/mol. The smallest absolute Gasteiger partial charge is 0.0991 e. The fourth-order valence-corrected chi connectivity index (χ4v) is 2.51. The van der Waals surface area contributed by atoms with Crippen LogP contribution in [0.1, 0.15) is 25.0 Å². The van der Waals surface area contributed by atoms with Crippen molar-refractivity contribution in [2.24, 2.45) is 0 Å². The predicted octanol–water partition coefficient (Wildman–Crippen LogP) is 1.74. The molecule has 0 aliphatic carbocycles. The molecule has 0 aromatic heterocycles. The highest BCUT2D eigenvalue weighted by Gasteiger charge is 2.20. The first-order chi connectivity index (χ1) is 8.17. The fourth-order valence-electron chi connectivity index (χ4n) is 2.51. The van der Waals surface area contributed by atoms with E-state index < -0.39 is 0 Å². The Kier molecular flexibility index (Phi) is 3.78. The Labute approximate surface area is 103 Å². The monoisotopic (exact) mass is 229 g/mol. The maximum Gasteiger partial charge on any atom is 0.0991 e. The van der Waals surface area contributed by atoms with Crippen molar-refractivity contribution in [3.8, 4) is 6.07 Å². The van der Waals surface area contributed by atoms with Gasteiger partial charge in [-0.3, -0.25) is 4.90 Å². The van der Waals surface area contributed by atoms with Gasteiger partial charge >= 0.3 is 0 Å². The van der Waals surface area contributed by atoms with Crippen LogP contribution in [0, 0.1) is 11.3 Å². The molecule has 90 valence electrons. The Hall–Kier alpha value is -1.37. The number of rotatable bonds is 2. The number of nitrogens with one attached hydrogen (secondary N) is 1. The minimum atomic E-state index is 0.553. The van der Waals surface area contributed by atoms with E-state index in [4.69, 9.17) is 5.26 Å². The average Bonchev–Trinajstić information content (AvgIpc) is 2.28. The second-order valence-corrected chi connectivity index (χ2v) is 4.97. The van der Waals surface area contributed by atoms with Crippen LogP contribution in [0.25, 0.3) is 0 Å². The first-order valence-corrected chi connectivity index (χ1v) is 6.15. The van der Waals surface area contributed by atoms with E-state index >= 15 is 0 Å². The van der Waals surface area contributed by atoms with Gasteiger partial charge in [0.05, 0.1) is 11.6 Å². The number of benzene rings is 1. The van der Waals surface area contributed by atoms with Crippen LogP contribution in [0.4, 0.5) is 0 Å². The molecule has 0 bridgehead atoms. The zero-order valence-corrected chi connectivity index (χ0v) is 10.5. The van der Waals surface area contributed by atoms with Gasteiger partial charge in [-0.2, -0.15) is 5.26 Å². The molecule has 1 aliphatic rings. The second-order valence-electron chi connectivity index (χ2n) is 4.97. The highest BCUT2D eigenvalue weighted by Crippen LogP contribution is 2.11. The van der Waals surface area contributed by atoms with E-state index in [9.17, 15) is 0 Å². The van der Waals surface area contributed by atoms with Crippen molar-refractivity contribution in [3.63, 3.8) is 0 Å². The summed E-state index contributed by atoms with van der Waals surface area (Å²) in [6.07, 6.45) is 0. The van der Waals surface area contributed by atoms with Gasteiger partial charge in [-0.25, -0.2) is 0 Å². The third-order valence-corrected chi connectivity index (χ3v) is 3.12. The molecule has 0 radical (unpaired) electrons. The van der Waals surface area contributed by atoms with E-state index in [0.717, 1.165) is 25.2 Å². The highest BCUT2D eigenvalue weighted by atomic mass is 15.2. The van der Waals surface area contributed by atoms with Crippen LogP contribution >= 0.6 is 0 Å². The molecule has 2 unspecified atom stereocenters. The molecule has 0 amide bonds. The maximum absolute atomic E-state index is 8.75. The van der Waals surface area contributed by atoms with E-state index in [0.29, 0.717) is 12.1 Å². The summed E-state index contributed by atoms with van der Waals surface area (Å²) in [5, 5.41) is 12.3. The molecule has 3 heteroatoms. The molecule has 2 rings (SSSR count). The third kappa shape index (κ3) is 3.29. The van der Waals surface area contributed by atoms with Crippen molar-refractivity contribution < 1.29 is 0 Å². The largest absolute Gasteiger partial charge is 0.309 e. The van der Waals surface area contributed by atoms with Crippen LogP contribution in [0.3, 0.4) is 0 Å². The number of hydrogen-bond donors (Lipinski definition) is 1. The lowest BCUT2D eigenvalue weighted by Crippen LogP contribution is -2.53. The molecule has 0 spiro atoms. The SMILES string of the molecule is CC1CN(Cc2ccc(C#N)cc2)CC(C)N1. The van der Waals surface area contributed by atoms with Crippen molar-refractivity contribution in [2.75, 3.05) is 13.1 Å². The Bertz CT molecular complexity index is 394. The molecule has 17 heavy (non-hydrogen) atoms. The summed E-state index contributed by atoms with van der Waals surface area (Å²) in [6, 6.07) is 11.1. The van der Waals surface area contributed by atoms with Gasteiger partial charge in [0.2, 0.25) is 0 Å². The van der Waals surface area contributed by atoms with Gasteiger partial charge in [0.1, 0.15) is 0 Å². The zero-order valence-electron chi connectivity index (χ0n) is 10.5. The lowest BCUT2D eigenvalue weighted by molar-refractivity contribution is 0.166. The lowest BCUT2D eigenvalue weighted by Gasteiger charge is -2.36. The van der Waals surface area contributed by atoms with Gasteiger partial charge in [0.15, 0.2) is 0 Å². The Balaban J connectivity index is 1.98. The molecule has 1 heterocycles. The van der Waals surface area contributed by atoms with Crippen LogP contribution in [-0.2, 0) is 6.54 Å². The summed E-state index contributed by atoms with van der Waals surface area (Å²) in [7, 11) is 0. The quantitative estimate of drug-likeness (QED) is 0.839. The van der Waals surface area contributed by atoms with E-state index in [1.165, 1.54) is 5.56 Å². The van der Waals surface area contributed by atoms with Gasteiger partial charge in [-0.1, -0.05) is 12.1 Å². The van der Waals surface area contributed by atoms with Crippen molar-refractivity contribution in [1.29, 1.82) is 5.26 Å². The molecule has 1 saturated heterocycles. The standard InChI is InChI=1S/C14H19N3/c1-11-8-17(9-12(2)16-11)10-14-5-3-13(7-15)4-6-14/h3-6,11-12,16H,8-10H2,1-2H3. The van der Waals surface area contributed by atoms with Crippen LogP contribution in [-0.4, -0.2) is 30.1 Å². The molecule has 2 atom stereocenters. The summed E-state index contributed by atoms with van der Waals surface area (Å²) < 4.78 is 0. The summed E-state index contributed by atoms with van der Waals surface area (Å²) >= 11 is 0. The first-order valence-electron chi connectivity index (χ1n) is 6.15. The van der Waals surface area contributed by atoms with E-state index in [2.05, 4.69) is 42.3 Å². The number of nitrogens with zero attached hydrogens (tertiary/aromatic N) is 2. The molecule has 1 aliphatic heterocycles. The van der Waals surface area contributed by atoms with E-state index in [1.54, 1.807) is 0 Å².